The van der Waals surface area contributed by atoms with Crippen molar-refractivity contribution in [2.24, 2.45) is 5.92 Å². The summed E-state index contributed by atoms with van der Waals surface area (Å²) in [5.41, 5.74) is 1.02. The Morgan fingerprint density at radius 1 is 1.38 bits per heavy atom. The fraction of sp³-hybridized carbons (Fsp3) is 0.444. The zero-order chi connectivity index (χ0) is 16.5. The van der Waals surface area contributed by atoms with Gasteiger partial charge < -0.3 is 14.2 Å². The predicted molar refractivity (Wildman–Crippen MR) is 91.2 cm³/mol. The average molecular weight is 346 g/mol. The van der Waals surface area contributed by atoms with Crippen LogP contribution in [0, 0.1) is 5.92 Å². The summed E-state index contributed by atoms with van der Waals surface area (Å²) in [5.74, 6) is 0.904. The van der Waals surface area contributed by atoms with E-state index in [9.17, 15) is 4.79 Å². The molecule has 1 amide bonds. The standard InChI is InChI=1S/C18H20ClN3O2/c19-15-3-4-17-13(9-15)8-14(11-24-17)18(23)21-6-1-2-16(10-21)22-7-5-20-12-22/h3-5,7,9,12,14,16H,1-2,6,8,10-11H2/t14-,16-/m1/s1. The van der Waals surface area contributed by atoms with Crippen molar-refractivity contribution in [2.75, 3.05) is 19.7 Å². The Hall–Kier alpha value is -2.01. The molecule has 6 heteroatoms. The van der Waals surface area contributed by atoms with Gasteiger partial charge in [0.25, 0.3) is 0 Å². The lowest BCUT2D eigenvalue weighted by Crippen LogP contribution is -2.46. The van der Waals surface area contributed by atoms with Crippen LogP contribution in [0.4, 0.5) is 0 Å². The van der Waals surface area contributed by atoms with Crippen molar-refractivity contribution < 1.29 is 9.53 Å². The lowest BCUT2D eigenvalue weighted by molar-refractivity contribution is -0.138. The normalized spacial score (nSPS) is 23.5. The highest BCUT2D eigenvalue weighted by Gasteiger charge is 2.32. The first-order valence-corrected chi connectivity index (χ1v) is 8.76. The number of halogens is 1. The fourth-order valence-corrected chi connectivity index (χ4v) is 3.86. The maximum absolute atomic E-state index is 13.0. The molecule has 1 aromatic carbocycles. The van der Waals surface area contributed by atoms with E-state index < -0.39 is 0 Å². The molecule has 0 saturated carbocycles. The highest BCUT2D eigenvalue weighted by molar-refractivity contribution is 6.30. The maximum atomic E-state index is 13.0. The fourth-order valence-electron chi connectivity index (χ4n) is 3.66. The van der Waals surface area contributed by atoms with E-state index in [2.05, 4.69) is 9.55 Å². The van der Waals surface area contributed by atoms with E-state index >= 15 is 0 Å². The number of fused-ring (bicyclic) bond motifs is 1. The molecule has 126 valence electrons. The van der Waals surface area contributed by atoms with Gasteiger partial charge in [0, 0.05) is 30.5 Å². The van der Waals surface area contributed by atoms with Gasteiger partial charge in [0.1, 0.15) is 12.4 Å². The zero-order valence-electron chi connectivity index (χ0n) is 13.4. The Labute approximate surface area is 146 Å². The predicted octanol–water partition coefficient (Wildman–Crippen LogP) is 2.95. The molecule has 2 aliphatic heterocycles. The van der Waals surface area contributed by atoms with E-state index in [1.165, 1.54) is 0 Å². The molecule has 4 rings (SSSR count). The summed E-state index contributed by atoms with van der Waals surface area (Å²) in [6.45, 7) is 2.01. The van der Waals surface area contributed by atoms with Gasteiger partial charge in [0.05, 0.1) is 18.3 Å². The van der Waals surface area contributed by atoms with Crippen LogP contribution in [0.5, 0.6) is 5.75 Å². The molecule has 0 spiro atoms. The molecular formula is C18H20ClN3O2. The number of hydrogen-bond acceptors (Lipinski definition) is 3. The summed E-state index contributed by atoms with van der Waals surface area (Å²) in [7, 11) is 0. The number of ether oxygens (including phenoxy) is 1. The lowest BCUT2D eigenvalue weighted by atomic mass is 9.94. The Kier molecular flexibility index (Phi) is 4.19. The molecule has 1 fully saturated rings. The van der Waals surface area contributed by atoms with Crippen LogP contribution >= 0.6 is 11.6 Å². The van der Waals surface area contributed by atoms with E-state index in [0.29, 0.717) is 24.1 Å². The number of benzene rings is 1. The highest BCUT2D eigenvalue weighted by atomic mass is 35.5. The summed E-state index contributed by atoms with van der Waals surface area (Å²) in [4.78, 5) is 19.1. The quantitative estimate of drug-likeness (QED) is 0.840. The Bertz CT molecular complexity index is 732. The number of hydrogen-bond donors (Lipinski definition) is 0. The summed E-state index contributed by atoms with van der Waals surface area (Å²) in [5, 5.41) is 0.684. The van der Waals surface area contributed by atoms with E-state index in [-0.39, 0.29) is 11.8 Å². The van der Waals surface area contributed by atoms with Crippen LogP contribution in [0.2, 0.25) is 5.02 Å². The first kappa shape index (κ1) is 15.5. The van der Waals surface area contributed by atoms with E-state index in [1.807, 2.05) is 35.6 Å². The summed E-state index contributed by atoms with van der Waals surface area (Å²) >= 11 is 6.07. The molecule has 5 nitrogen and oxygen atoms in total. The number of rotatable bonds is 2. The minimum Gasteiger partial charge on any atom is -0.492 e. The van der Waals surface area contributed by atoms with Gasteiger partial charge in [-0.2, -0.15) is 0 Å². The van der Waals surface area contributed by atoms with Crippen LogP contribution in [-0.2, 0) is 11.2 Å². The molecule has 0 bridgehead atoms. The molecule has 0 unspecified atom stereocenters. The number of piperidine rings is 1. The van der Waals surface area contributed by atoms with E-state index in [4.69, 9.17) is 16.3 Å². The van der Waals surface area contributed by atoms with Gasteiger partial charge >= 0.3 is 0 Å². The van der Waals surface area contributed by atoms with Gasteiger partial charge in [0.2, 0.25) is 5.91 Å². The van der Waals surface area contributed by atoms with Crippen molar-refractivity contribution >= 4 is 17.5 Å². The minimum atomic E-state index is -0.127. The second kappa shape index (κ2) is 6.48. The molecule has 2 atom stereocenters. The van der Waals surface area contributed by atoms with Crippen molar-refractivity contribution in [3.8, 4) is 5.75 Å². The first-order valence-electron chi connectivity index (χ1n) is 8.38. The van der Waals surface area contributed by atoms with Crippen molar-refractivity contribution in [1.82, 2.24) is 14.5 Å². The number of nitrogens with zero attached hydrogens (tertiary/aromatic N) is 3. The maximum Gasteiger partial charge on any atom is 0.229 e. The number of carbonyl (C=O) groups excluding carboxylic acids is 1. The topological polar surface area (TPSA) is 47.4 Å². The van der Waals surface area contributed by atoms with Crippen molar-refractivity contribution in [1.29, 1.82) is 0 Å². The van der Waals surface area contributed by atoms with Crippen molar-refractivity contribution in [2.45, 2.75) is 25.3 Å². The number of aromatic nitrogens is 2. The van der Waals surface area contributed by atoms with Crippen LogP contribution in [0.3, 0.4) is 0 Å². The Morgan fingerprint density at radius 3 is 3.12 bits per heavy atom. The second-order valence-electron chi connectivity index (χ2n) is 6.55. The SMILES string of the molecule is O=C([C@H]1COc2ccc(Cl)cc2C1)N1CCC[C@@H](n2ccnc2)C1. The molecule has 0 radical (unpaired) electrons. The van der Waals surface area contributed by atoms with Crippen molar-refractivity contribution in [3.63, 3.8) is 0 Å². The number of imidazole rings is 1. The number of likely N-dealkylation sites (tertiary alicyclic amines) is 1. The van der Waals surface area contributed by atoms with Gasteiger partial charge in [-0.1, -0.05) is 11.6 Å². The second-order valence-corrected chi connectivity index (χ2v) is 6.99. The van der Waals surface area contributed by atoms with Gasteiger partial charge in [-0.15, -0.1) is 0 Å². The van der Waals surface area contributed by atoms with E-state index in [0.717, 1.165) is 37.2 Å². The van der Waals surface area contributed by atoms with Crippen molar-refractivity contribution in [3.05, 3.63) is 47.5 Å². The monoisotopic (exact) mass is 345 g/mol. The zero-order valence-corrected chi connectivity index (χ0v) is 14.2. The van der Waals surface area contributed by atoms with Gasteiger partial charge in [-0.05, 0) is 43.0 Å². The third kappa shape index (κ3) is 3.00. The van der Waals surface area contributed by atoms with Gasteiger partial charge in [-0.25, -0.2) is 4.98 Å². The molecule has 0 aliphatic carbocycles. The Balaban J connectivity index is 1.46. The van der Waals surface area contributed by atoms with E-state index in [1.54, 1.807) is 6.20 Å². The van der Waals surface area contributed by atoms with Gasteiger partial charge in [-0.3, -0.25) is 4.79 Å². The van der Waals surface area contributed by atoms with Crippen LogP contribution < -0.4 is 4.74 Å². The summed E-state index contributed by atoms with van der Waals surface area (Å²) in [6, 6.07) is 5.93. The molecule has 1 saturated heterocycles. The number of amides is 1. The molecule has 24 heavy (non-hydrogen) atoms. The smallest absolute Gasteiger partial charge is 0.229 e. The third-order valence-corrected chi connectivity index (χ3v) is 5.17. The largest absolute Gasteiger partial charge is 0.492 e. The molecule has 2 aliphatic rings. The summed E-state index contributed by atoms with van der Waals surface area (Å²) in [6.07, 6.45) is 8.39. The molecule has 3 heterocycles. The van der Waals surface area contributed by atoms with Crippen LogP contribution in [0.15, 0.2) is 36.9 Å². The molecular weight excluding hydrogens is 326 g/mol. The molecule has 0 N–H and O–H groups in total. The lowest BCUT2D eigenvalue weighted by Gasteiger charge is -2.36. The summed E-state index contributed by atoms with van der Waals surface area (Å²) < 4.78 is 7.88. The highest BCUT2D eigenvalue weighted by Crippen LogP contribution is 2.31. The molecule has 1 aromatic heterocycles. The Morgan fingerprint density at radius 2 is 2.29 bits per heavy atom. The first-order chi connectivity index (χ1) is 11.7. The van der Waals surface area contributed by atoms with Gasteiger partial charge in [0.15, 0.2) is 0 Å². The van der Waals surface area contributed by atoms with Crippen LogP contribution in [0.25, 0.3) is 0 Å². The number of carbonyl (C=O) groups is 1. The average Bonchev–Trinajstić information content (AvgIpc) is 3.15. The minimum absolute atomic E-state index is 0.127. The van der Waals surface area contributed by atoms with Crippen LogP contribution in [0.1, 0.15) is 24.4 Å². The molecule has 2 aromatic rings. The van der Waals surface area contributed by atoms with Crippen LogP contribution in [-0.4, -0.2) is 40.1 Å². The third-order valence-electron chi connectivity index (χ3n) is 4.93.